The number of hydrogen-bond acceptors (Lipinski definition) is 3. The second-order valence-electron chi connectivity index (χ2n) is 3.26. The van der Waals surface area contributed by atoms with Gasteiger partial charge in [-0.25, -0.2) is 0 Å². The van der Waals surface area contributed by atoms with Crippen LogP contribution in [-0.2, 0) is 0 Å². The van der Waals surface area contributed by atoms with Crippen molar-refractivity contribution in [2.45, 2.75) is 18.9 Å². The summed E-state index contributed by atoms with van der Waals surface area (Å²) >= 11 is 0. The summed E-state index contributed by atoms with van der Waals surface area (Å²) in [6.07, 6.45) is 4.62. The van der Waals surface area contributed by atoms with Crippen LogP contribution in [0.4, 0.5) is 0 Å². The third-order valence-electron chi connectivity index (χ3n) is 2.53. The van der Waals surface area contributed by atoms with E-state index in [9.17, 15) is 0 Å². The molecule has 11 heavy (non-hydrogen) atoms. The monoisotopic (exact) mass is 153 g/mol. The van der Waals surface area contributed by atoms with Crippen LogP contribution >= 0.6 is 0 Å². The zero-order chi connectivity index (χ0) is 7.52. The molecule has 2 aliphatic rings. The largest absolute Gasteiger partial charge is 0.317 e. The van der Waals surface area contributed by atoms with Crippen molar-refractivity contribution in [3.63, 3.8) is 0 Å². The van der Waals surface area contributed by atoms with Crippen LogP contribution in [0.2, 0.25) is 0 Å². The van der Waals surface area contributed by atoms with Crippen molar-refractivity contribution in [2.24, 2.45) is 4.99 Å². The minimum absolute atomic E-state index is 0.791. The highest BCUT2D eigenvalue weighted by Gasteiger charge is 2.21. The third-order valence-corrected chi connectivity index (χ3v) is 2.53. The summed E-state index contributed by atoms with van der Waals surface area (Å²) in [4.78, 5) is 6.68. The van der Waals surface area contributed by atoms with Gasteiger partial charge in [0.2, 0.25) is 0 Å². The minimum atomic E-state index is 0.791. The summed E-state index contributed by atoms with van der Waals surface area (Å²) in [6.45, 7) is 4.37. The summed E-state index contributed by atoms with van der Waals surface area (Å²) in [5.74, 6) is 0. The molecule has 0 atom stereocenters. The fourth-order valence-electron chi connectivity index (χ4n) is 1.82. The first-order chi connectivity index (χ1) is 5.47. The van der Waals surface area contributed by atoms with Gasteiger partial charge in [-0.15, -0.1) is 0 Å². The van der Waals surface area contributed by atoms with Crippen molar-refractivity contribution in [2.75, 3.05) is 26.3 Å². The molecule has 2 heterocycles. The van der Waals surface area contributed by atoms with Crippen molar-refractivity contribution in [1.82, 2.24) is 10.2 Å². The highest BCUT2D eigenvalue weighted by molar-refractivity contribution is 5.61. The minimum Gasteiger partial charge on any atom is -0.317 e. The molecule has 1 N–H and O–H groups in total. The van der Waals surface area contributed by atoms with Gasteiger partial charge in [0.1, 0.15) is 0 Å². The van der Waals surface area contributed by atoms with E-state index in [0.717, 1.165) is 19.3 Å². The van der Waals surface area contributed by atoms with E-state index < -0.39 is 0 Å². The average molecular weight is 153 g/mol. The Bertz CT molecular complexity index is 141. The molecular weight excluding hydrogens is 138 g/mol. The number of nitrogens with one attached hydrogen (secondary N) is 1. The van der Waals surface area contributed by atoms with Gasteiger partial charge in [-0.2, -0.15) is 0 Å². The van der Waals surface area contributed by atoms with Gasteiger partial charge < -0.3 is 5.32 Å². The van der Waals surface area contributed by atoms with Gasteiger partial charge in [-0.1, -0.05) is 0 Å². The summed E-state index contributed by atoms with van der Waals surface area (Å²) in [6, 6.07) is 0.791. The van der Waals surface area contributed by atoms with Gasteiger partial charge in [-0.3, -0.25) is 9.89 Å². The van der Waals surface area contributed by atoms with Gasteiger partial charge in [0, 0.05) is 18.8 Å². The second-order valence-corrected chi connectivity index (χ2v) is 3.26. The fourth-order valence-corrected chi connectivity index (χ4v) is 1.82. The maximum atomic E-state index is 4.22. The lowest BCUT2D eigenvalue weighted by atomic mass is 10.1. The first-order valence-corrected chi connectivity index (χ1v) is 4.40. The first-order valence-electron chi connectivity index (χ1n) is 4.40. The van der Waals surface area contributed by atoms with Crippen LogP contribution in [0.15, 0.2) is 4.99 Å². The molecule has 3 heteroatoms. The lowest BCUT2D eigenvalue weighted by molar-refractivity contribution is 0.202. The molecule has 0 aromatic heterocycles. The van der Waals surface area contributed by atoms with Crippen LogP contribution in [0, 0.1) is 0 Å². The Hall–Kier alpha value is -0.410. The van der Waals surface area contributed by atoms with Crippen LogP contribution in [0.3, 0.4) is 0 Å². The topological polar surface area (TPSA) is 27.6 Å². The molecule has 0 radical (unpaired) electrons. The Labute approximate surface area is 67.5 Å². The molecule has 1 saturated heterocycles. The SMILES string of the molecule is C1=NCN(C2CCNCC2)C1. The van der Waals surface area contributed by atoms with Crippen LogP contribution in [0.25, 0.3) is 0 Å². The molecule has 2 aliphatic heterocycles. The first kappa shape index (κ1) is 7.25. The molecule has 3 nitrogen and oxygen atoms in total. The van der Waals surface area contributed by atoms with E-state index in [4.69, 9.17) is 0 Å². The van der Waals surface area contributed by atoms with Crippen LogP contribution in [0.5, 0.6) is 0 Å². The maximum absolute atomic E-state index is 4.22. The highest BCUT2D eigenvalue weighted by Crippen LogP contribution is 2.12. The second kappa shape index (κ2) is 3.32. The molecule has 0 aromatic carbocycles. The molecule has 0 saturated carbocycles. The Morgan fingerprint density at radius 3 is 2.82 bits per heavy atom. The average Bonchev–Trinajstić information content (AvgIpc) is 2.58. The van der Waals surface area contributed by atoms with Gasteiger partial charge in [0.15, 0.2) is 0 Å². The zero-order valence-electron chi connectivity index (χ0n) is 6.79. The van der Waals surface area contributed by atoms with Gasteiger partial charge >= 0.3 is 0 Å². The van der Waals surface area contributed by atoms with E-state index in [1.807, 2.05) is 6.21 Å². The Morgan fingerprint density at radius 1 is 1.36 bits per heavy atom. The van der Waals surface area contributed by atoms with Crippen molar-refractivity contribution in [1.29, 1.82) is 0 Å². The van der Waals surface area contributed by atoms with E-state index in [1.54, 1.807) is 0 Å². The molecule has 2 rings (SSSR count). The number of rotatable bonds is 1. The zero-order valence-corrected chi connectivity index (χ0v) is 6.79. The molecule has 0 aliphatic carbocycles. The van der Waals surface area contributed by atoms with Crippen molar-refractivity contribution >= 4 is 6.21 Å². The summed E-state index contributed by atoms with van der Waals surface area (Å²) in [5, 5.41) is 3.37. The van der Waals surface area contributed by atoms with E-state index in [0.29, 0.717) is 0 Å². The molecule has 0 bridgehead atoms. The van der Waals surface area contributed by atoms with Crippen molar-refractivity contribution in [3.05, 3.63) is 0 Å². The molecule has 62 valence electrons. The van der Waals surface area contributed by atoms with E-state index in [1.165, 1.54) is 25.9 Å². The lowest BCUT2D eigenvalue weighted by Crippen LogP contribution is -2.42. The maximum Gasteiger partial charge on any atom is 0.0911 e. The van der Waals surface area contributed by atoms with E-state index >= 15 is 0 Å². The predicted molar refractivity (Wildman–Crippen MR) is 46.0 cm³/mol. The number of hydrogen-bond donors (Lipinski definition) is 1. The molecule has 0 spiro atoms. The van der Waals surface area contributed by atoms with Crippen molar-refractivity contribution < 1.29 is 0 Å². The van der Waals surface area contributed by atoms with Gasteiger partial charge in [0.05, 0.1) is 6.67 Å². The van der Waals surface area contributed by atoms with E-state index in [-0.39, 0.29) is 0 Å². The highest BCUT2D eigenvalue weighted by atomic mass is 15.3. The normalized spacial score (nSPS) is 28.0. The molecule has 0 amide bonds. The third kappa shape index (κ3) is 1.60. The Kier molecular flexibility index (Phi) is 2.19. The molecular formula is C8H15N3. The summed E-state index contributed by atoms with van der Waals surface area (Å²) in [5.41, 5.74) is 0. The Morgan fingerprint density at radius 2 is 2.18 bits per heavy atom. The fraction of sp³-hybridized carbons (Fsp3) is 0.875. The standard InChI is InChI=1S/C8H15N3/c1-3-9-4-2-8(1)11-6-5-10-7-11/h5,8-9H,1-4,6-7H2. The van der Waals surface area contributed by atoms with Crippen LogP contribution < -0.4 is 5.32 Å². The lowest BCUT2D eigenvalue weighted by Gasteiger charge is -2.30. The van der Waals surface area contributed by atoms with Crippen LogP contribution in [-0.4, -0.2) is 43.5 Å². The smallest absolute Gasteiger partial charge is 0.0911 e. The molecule has 0 aromatic rings. The molecule has 0 unspecified atom stereocenters. The molecule has 1 fully saturated rings. The number of aliphatic imine (C=N–C) groups is 1. The van der Waals surface area contributed by atoms with Crippen molar-refractivity contribution in [3.8, 4) is 0 Å². The van der Waals surface area contributed by atoms with Gasteiger partial charge in [0.25, 0.3) is 0 Å². The predicted octanol–water partition coefficient (Wildman–Crippen LogP) is 0.0823. The van der Waals surface area contributed by atoms with E-state index in [2.05, 4.69) is 15.2 Å². The Balaban J connectivity index is 1.83. The number of nitrogens with zero attached hydrogens (tertiary/aromatic N) is 2. The quantitative estimate of drug-likeness (QED) is 0.578. The summed E-state index contributed by atoms with van der Waals surface area (Å²) < 4.78 is 0. The van der Waals surface area contributed by atoms with Gasteiger partial charge in [-0.05, 0) is 25.9 Å². The van der Waals surface area contributed by atoms with Crippen LogP contribution in [0.1, 0.15) is 12.8 Å². The summed E-state index contributed by atoms with van der Waals surface area (Å²) in [7, 11) is 0. The number of piperidine rings is 1.